The molecule has 0 aliphatic carbocycles. The van der Waals surface area contributed by atoms with Crippen molar-refractivity contribution in [2.45, 2.75) is 12.8 Å². The van der Waals surface area contributed by atoms with E-state index in [1.807, 2.05) is 0 Å². The van der Waals surface area contributed by atoms with Crippen molar-refractivity contribution in [1.82, 2.24) is 4.98 Å². The highest BCUT2D eigenvalue weighted by atomic mass is 32.1. The van der Waals surface area contributed by atoms with Crippen LogP contribution in [0.1, 0.15) is 23.2 Å². The van der Waals surface area contributed by atoms with E-state index in [1.165, 1.54) is 30.1 Å². The van der Waals surface area contributed by atoms with Gasteiger partial charge in [-0.3, -0.25) is 0 Å². The van der Waals surface area contributed by atoms with Crippen LogP contribution in [0.2, 0.25) is 0 Å². The summed E-state index contributed by atoms with van der Waals surface area (Å²) in [5.41, 5.74) is 1.77. The van der Waals surface area contributed by atoms with Gasteiger partial charge in [-0.2, -0.15) is 0 Å². The number of halogens is 1. The van der Waals surface area contributed by atoms with Crippen molar-refractivity contribution in [3.8, 4) is 0 Å². The van der Waals surface area contributed by atoms with Crippen molar-refractivity contribution in [2.24, 2.45) is 0 Å². The predicted octanol–water partition coefficient (Wildman–Crippen LogP) is 3.38. The molecule has 0 saturated carbocycles. The predicted molar refractivity (Wildman–Crippen MR) is 81.5 cm³/mol. The Bertz CT molecular complexity index is 716. The first-order chi connectivity index (χ1) is 10.1. The summed E-state index contributed by atoms with van der Waals surface area (Å²) in [4.78, 5) is 18.0. The van der Waals surface area contributed by atoms with Gasteiger partial charge in [0, 0.05) is 13.1 Å². The van der Waals surface area contributed by atoms with E-state index in [4.69, 9.17) is 0 Å². The van der Waals surface area contributed by atoms with E-state index in [9.17, 15) is 9.18 Å². The summed E-state index contributed by atoms with van der Waals surface area (Å²) in [6.07, 6.45) is 1.87. The van der Waals surface area contributed by atoms with Crippen LogP contribution in [0.4, 0.5) is 9.52 Å². The lowest BCUT2D eigenvalue weighted by molar-refractivity contribution is 0.0600. The number of esters is 1. The third-order valence-corrected chi connectivity index (χ3v) is 4.66. The van der Waals surface area contributed by atoms with Gasteiger partial charge in [0.2, 0.25) is 0 Å². The fourth-order valence-electron chi connectivity index (χ4n) is 2.36. The number of thiazole rings is 1. The molecule has 4 nitrogen and oxygen atoms in total. The number of methoxy groups -OCH3 is 1. The topological polar surface area (TPSA) is 42.4 Å². The molecule has 21 heavy (non-hydrogen) atoms. The van der Waals surface area contributed by atoms with E-state index in [2.05, 4.69) is 21.2 Å². The number of fused-ring (bicyclic) bond motifs is 1. The number of carbonyl (C=O) groups is 1. The van der Waals surface area contributed by atoms with Gasteiger partial charge in [-0.05, 0) is 25.0 Å². The Labute approximate surface area is 125 Å². The number of anilines is 1. The first kappa shape index (κ1) is 14.0. The summed E-state index contributed by atoms with van der Waals surface area (Å²) in [6, 6.07) is 2.81. The van der Waals surface area contributed by atoms with Crippen molar-refractivity contribution >= 4 is 32.7 Å². The number of rotatable bonds is 2. The van der Waals surface area contributed by atoms with Crippen molar-refractivity contribution in [1.29, 1.82) is 0 Å². The van der Waals surface area contributed by atoms with Crippen LogP contribution in [0, 0.1) is 5.82 Å². The Morgan fingerprint density at radius 1 is 1.43 bits per heavy atom. The Balaban J connectivity index is 1.98. The highest BCUT2D eigenvalue weighted by Gasteiger charge is 2.19. The summed E-state index contributed by atoms with van der Waals surface area (Å²) in [7, 11) is 1.28. The SMILES string of the molecule is C=C1CCN(c2nc3c(F)cc(C(=O)OC)cc3s2)CC1. The summed E-state index contributed by atoms with van der Waals surface area (Å²) >= 11 is 1.40. The van der Waals surface area contributed by atoms with Gasteiger partial charge < -0.3 is 9.64 Å². The van der Waals surface area contributed by atoms with E-state index in [0.717, 1.165) is 31.1 Å². The lowest BCUT2D eigenvalue weighted by Crippen LogP contribution is -2.30. The van der Waals surface area contributed by atoms with Gasteiger partial charge in [0.15, 0.2) is 10.9 Å². The standard InChI is InChI=1S/C15H15FN2O2S/c1-9-3-5-18(6-4-9)15-17-13-11(16)7-10(14(19)20-2)8-12(13)21-15/h7-8H,1,3-6H2,2H3. The molecule has 0 atom stereocenters. The molecule has 1 aromatic heterocycles. The fourth-order valence-corrected chi connectivity index (χ4v) is 3.43. The summed E-state index contributed by atoms with van der Waals surface area (Å²) in [5.74, 6) is -1.03. The van der Waals surface area contributed by atoms with E-state index in [-0.39, 0.29) is 5.56 Å². The van der Waals surface area contributed by atoms with Crippen LogP contribution in [0.3, 0.4) is 0 Å². The molecule has 1 fully saturated rings. The van der Waals surface area contributed by atoms with Gasteiger partial charge in [-0.25, -0.2) is 14.2 Å². The molecule has 110 valence electrons. The van der Waals surface area contributed by atoms with E-state index in [0.29, 0.717) is 10.2 Å². The van der Waals surface area contributed by atoms with E-state index >= 15 is 0 Å². The zero-order valence-electron chi connectivity index (χ0n) is 11.7. The van der Waals surface area contributed by atoms with Crippen molar-refractivity contribution in [3.63, 3.8) is 0 Å². The second kappa shape index (κ2) is 5.44. The van der Waals surface area contributed by atoms with Gasteiger partial charge in [0.25, 0.3) is 0 Å². The van der Waals surface area contributed by atoms with Crippen LogP contribution in [-0.2, 0) is 4.74 Å². The minimum atomic E-state index is -0.542. The van der Waals surface area contributed by atoms with Crippen LogP contribution < -0.4 is 4.90 Å². The Morgan fingerprint density at radius 2 is 2.14 bits per heavy atom. The van der Waals surface area contributed by atoms with E-state index < -0.39 is 11.8 Å². The maximum absolute atomic E-state index is 14.1. The van der Waals surface area contributed by atoms with Gasteiger partial charge in [-0.1, -0.05) is 23.5 Å². The minimum Gasteiger partial charge on any atom is -0.465 e. The molecular formula is C15H15FN2O2S. The first-order valence-corrected chi connectivity index (χ1v) is 7.50. The molecule has 1 aliphatic heterocycles. The van der Waals surface area contributed by atoms with Crippen molar-refractivity contribution in [3.05, 3.63) is 35.7 Å². The third-order valence-electron chi connectivity index (χ3n) is 3.60. The van der Waals surface area contributed by atoms with Crippen LogP contribution in [0.5, 0.6) is 0 Å². The number of piperidine rings is 1. The Kier molecular flexibility index (Phi) is 3.63. The van der Waals surface area contributed by atoms with Crippen LogP contribution in [0.15, 0.2) is 24.3 Å². The van der Waals surface area contributed by atoms with Gasteiger partial charge >= 0.3 is 5.97 Å². The summed E-state index contributed by atoms with van der Waals surface area (Å²) in [5, 5.41) is 0.790. The second-order valence-electron chi connectivity index (χ2n) is 5.03. The maximum atomic E-state index is 14.1. The molecule has 0 bridgehead atoms. The van der Waals surface area contributed by atoms with Gasteiger partial charge in [0.1, 0.15) is 5.52 Å². The summed E-state index contributed by atoms with van der Waals surface area (Å²) in [6.45, 7) is 5.69. The normalized spacial score (nSPS) is 15.5. The highest BCUT2D eigenvalue weighted by molar-refractivity contribution is 7.22. The molecule has 1 saturated heterocycles. The van der Waals surface area contributed by atoms with Crippen LogP contribution >= 0.6 is 11.3 Å². The quantitative estimate of drug-likeness (QED) is 0.630. The molecule has 1 aliphatic rings. The number of ether oxygens (including phenoxy) is 1. The average Bonchev–Trinajstić information content (AvgIpc) is 2.91. The number of carbonyl (C=O) groups excluding carboxylic acids is 1. The van der Waals surface area contributed by atoms with E-state index in [1.54, 1.807) is 6.07 Å². The monoisotopic (exact) mass is 306 g/mol. The lowest BCUT2D eigenvalue weighted by Gasteiger charge is -2.27. The second-order valence-corrected chi connectivity index (χ2v) is 6.04. The molecule has 0 radical (unpaired) electrons. The fraction of sp³-hybridized carbons (Fsp3) is 0.333. The Morgan fingerprint density at radius 3 is 2.81 bits per heavy atom. The maximum Gasteiger partial charge on any atom is 0.338 e. The molecule has 6 heteroatoms. The van der Waals surface area contributed by atoms with Crippen molar-refractivity contribution < 1.29 is 13.9 Å². The lowest BCUT2D eigenvalue weighted by atomic mass is 10.1. The molecule has 2 aromatic rings. The first-order valence-electron chi connectivity index (χ1n) is 6.68. The largest absolute Gasteiger partial charge is 0.465 e. The molecule has 0 amide bonds. The Hall–Kier alpha value is -1.95. The van der Waals surface area contributed by atoms with Gasteiger partial charge in [0.05, 0.1) is 17.4 Å². The molecule has 0 spiro atoms. The smallest absolute Gasteiger partial charge is 0.338 e. The number of hydrogen-bond acceptors (Lipinski definition) is 5. The molecule has 3 rings (SSSR count). The molecule has 0 N–H and O–H groups in total. The number of benzene rings is 1. The molecule has 2 heterocycles. The van der Waals surface area contributed by atoms with Gasteiger partial charge in [-0.15, -0.1) is 0 Å². The minimum absolute atomic E-state index is 0.213. The number of hydrogen-bond donors (Lipinski definition) is 0. The van der Waals surface area contributed by atoms with Crippen molar-refractivity contribution in [2.75, 3.05) is 25.1 Å². The number of aromatic nitrogens is 1. The number of nitrogens with zero attached hydrogens (tertiary/aromatic N) is 2. The average molecular weight is 306 g/mol. The van der Waals surface area contributed by atoms with Crippen LogP contribution in [0.25, 0.3) is 10.2 Å². The molecule has 1 aromatic carbocycles. The summed E-state index contributed by atoms with van der Waals surface area (Å²) < 4.78 is 19.4. The van der Waals surface area contributed by atoms with Crippen LogP contribution in [-0.4, -0.2) is 31.2 Å². The highest BCUT2D eigenvalue weighted by Crippen LogP contribution is 2.33. The molecular weight excluding hydrogens is 291 g/mol. The third kappa shape index (κ3) is 2.63. The molecule has 0 unspecified atom stereocenters. The zero-order chi connectivity index (χ0) is 15.0. The zero-order valence-corrected chi connectivity index (χ0v) is 12.5.